The summed E-state index contributed by atoms with van der Waals surface area (Å²) in [4.78, 5) is 16.8. The quantitative estimate of drug-likeness (QED) is 0.159. The summed E-state index contributed by atoms with van der Waals surface area (Å²) in [7, 11) is 1.55. The first kappa shape index (κ1) is 24.1. The Hall–Kier alpha value is -2.07. The Bertz CT molecular complexity index is 1290. The zero-order valence-corrected chi connectivity index (χ0v) is 22.3. The molecule has 0 bridgehead atoms. The van der Waals surface area contributed by atoms with Gasteiger partial charge in [0.05, 0.1) is 22.2 Å². The Kier molecular flexibility index (Phi) is 7.63. The summed E-state index contributed by atoms with van der Waals surface area (Å²) in [6, 6.07) is 16.4. The average Bonchev–Trinajstić information content (AvgIpc) is 3.15. The topological polar surface area (TPSA) is 57.1 Å². The number of hydrogen-bond donors (Lipinski definition) is 0. The third-order valence-electron chi connectivity index (χ3n) is 4.63. The van der Waals surface area contributed by atoms with E-state index in [-0.39, 0.29) is 11.6 Å². The lowest BCUT2D eigenvalue weighted by molar-refractivity contribution is -0.129. The van der Waals surface area contributed by atoms with Crippen molar-refractivity contribution in [3.8, 4) is 11.5 Å². The van der Waals surface area contributed by atoms with Gasteiger partial charge in [0.15, 0.2) is 17.2 Å². The number of hydrogen-bond acceptors (Lipinski definition) is 5. The summed E-state index contributed by atoms with van der Waals surface area (Å²) in [5.74, 6) is 0.654. The molecule has 0 atom stereocenters. The van der Waals surface area contributed by atoms with Crippen LogP contribution in [-0.2, 0) is 16.1 Å². The van der Waals surface area contributed by atoms with Gasteiger partial charge >= 0.3 is 5.97 Å². The van der Waals surface area contributed by atoms with Gasteiger partial charge in [-0.1, -0.05) is 35.3 Å². The summed E-state index contributed by atoms with van der Waals surface area (Å²) in [6.07, 6.45) is 1.62. The van der Waals surface area contributed by atoms with Crippen LogP contribution >= 0.6 is 61.7 Å². The monoisotopic (exact) mass is 657 g/mol. The summed E-state index contributed by atoms with van der Waals surface area (Å²) >= 11 is 17.9. The number of cyclic esters (lactones) is 1. The summed E-state index contributed by atoms with van der Waals surface area (Å²) in [5, 5.41) is 1.12. The number of aliphatic imine (C=N–C) groups is 1. The van der Waals surface area contributed by atoms with Crippen molar-refractivity contribution in [3.63, 3.8) is 0 Å². The van der Waals surface area contributed by atoms with Crippen LogP contribution in [0.15, 0.2) is 69.8 Å². The summed E-state index contributed by atoms with van der Waals surface area (Å²) in [6.45, 7) is 0.336. The lowest BCUT2D eigenvalue weighted by atomic mass is 10.1. The number of rotatable bonds is 6. The number of carbonyl (C=O) groups excluding carboxylic acids is 1. The number of ether oxygens (including phenoxy) is 3. The molecule has 33 heavy (non-hydrogen) atoms. The van der Waals surface area contributed by atoms with E-state index in [1.807, 2.05) is 30.3 Å². The molecule has 0 saturated carbocycles. The molecule has 0 aromatic heterocycles. The fraction of sp³-hybridized carbons (Fsp3) is 0.0833. The van der Waals surface area contributed by atoms with Crippen molar-refractivity contribution in [1.82, 2.24) is 0 Å². The van der Waals surface area contributed by atoms with Crippen LogP contribution in [-0.4, -0.2) is 19.0 Å². The molecule has 9 heteroatoms. The molecule has 0 fully saturated rings. The molecule has 0 radical (unpaired) electrons. The minimum atomic E-state index is -0.557. The molecule has 1 aliphatic rings. The number of esters is 1. The zero-order valence-electron chi connectivity index (χ0n) is 17.1. The lowest BCUT2D eigenvalue weighted by Crippen LogP contribution is -2.06. The van der Waals surface area contributed by atoms with Crippen molar-refractivity contribution in [2.75, 3.05) is 7.11 Å². The molecule has 0 unspecified atom stereocenters. The molecule has 5 nitrogen and oxygen atoms in total. The molecule has 0 N–H and O–H groups in total. The van der Waals surface area contributed by atoms with Crippen molar-refractivity contribution in [2.24, 2.45) is 4.99 Å². The van der Waals surface area contributed by atoms with E-state index in [1.165, 1.54) is 0 Å². The largest absolute Gasteiger partial charge is 0.493 e. The third-order valence-corrected chi connectivity index (χ3v) is 6.47. The van der Waals surface area contributed by atoms with Crippen molar-refractivity contribution in [2.45, 2.75) is 6.61 Å². The van der Waals surface area contributed by atoms with Crippen LogP contribution in [0.25, 0.3) is 6.08 Å². The van der Waals surface area contributed by atoms with E-state index in [9.17, 15) is 4.79 Å². The van der Waals surface area contributed by atoms with Crippen LogP contribution in [0.5, 0.6) is 11.5 Å². The van der Waals surface area contributed by atoms with Gasteiger partial charge in [-0.2, -0.15) is 0 Å². The first-order valence-corrected chi connectivity index (χ1v) is 12.2. The van der Waals surface area contributed by atoms with E-state index in [1.54, 1.807) is 37.5 Å². The van der Waals surface area contributed by atoms with Crippen LogP contribution in [0, 0.1) is 3.57 Å². The van der Waals surface area contributed by atoms with Crippen molar-refractivity contribution >= 4 is 79.7 Å². The van der Waals surface area contributed by atoms with Gasteiger partial charge in [0, 0.05) is 8.59 Å². The van der Waals surface area contributed by atoms with Gasteiger partial charge in [0.1, 0.15) is 6.61 Å². The Morgan fingerprint density at radius 1 is 1.12 bits per heavy atom. The third kappa shape index (κ3) is 5.71. The molecule has 168 valence electrons. The number of carbonyl (C=O) groups is 1. The van der Waals surface area contributed by atoms with Crippen LogP contribution < -0.4 is 9.47 Å². The van der Waals surface area contributed by atoms with E-state index in [4.69, 9.17) is 37.4 Å². The molecule has 0 saturated heterocycles. The highest BCUT2D eigenvalue weighted by molar-refractivity contribution is 14.1. The van der Waals surface area contributed by atoms with Gasteiger partial charge in [-0.05, 0) is 98.2 Å². The standard InChI is InChI=1S/C24H15BrCl2INO4/c1-31-21-10-14(8-18(25)22(21)32-12-13-2-4-15(26)5-3-13)9-20-24(30)33-23(29-20)17-11-16(28)6-7-19(17)27/h2-11H,12H2,1H3/b20-9-. The Morgan fingerprint density at radius 3 is 2.61 bits per heavy atom. The minimum absolute atomic E-state index is 0.156. The second kappa shape index (κ2) is 10.5. The van der Waals surface area contributed by atoms with Gasteiger partial charge in [0.25, 0.3) is 0 Å². The van der Waals surface area contributed by atoms with Gasteiger partial charge in [-0.15, -0.1) is 0 Å². The van der Waals surface area contributed by atoms with E-state index >= 15 is 0 Å². The van der Waals surface area contributed by atoms with E-state index < -0.39 is 5.97 Å². The second-order valence-electron chi connectivity index (χ2n) is 6.91. The molecule has 3 aromatic rings. The van der Waals surface area contributed by atoms with Gasteiger partial charge < -0.3 is 14.2 Å². The molecule has 0 spiro atoms. The van der Waals surface area contributed by atoms with E-state index in [0.717, 1.165) is 9.13 Å². The summed E-state index contributed by atoms with van der Waals surface area (Å²) in [5.41, 5.74) is 2.36. The normalized spacial score (nSPS) is 14.3. The number of methoxy groups -OCH3 is 1. The van der Waals surface area contributed by atoms with Crippen molar-refractivity contribution < 1.29 is 19.0 Å². The fourth-order valence-corrected chi connectivity index (χ4v) is 4.43. The maximum atomic E-state index is 12.4. The molecular formula is C24H15BrCl2INO4. The Balaban J connectivity index is 1.60. The van der Waals surface area contributed by atoms with Gasteiger partial charge in [-0.3, -0.25) is 0 Å². The second-order valence-corrected chi connectivity index (χ2v) is 9.85. The van der Waals surface area contributed by atoms with Crippen LogP contribution in [0.2, 0.25) is 10.0 Å². The van der Waals surface area contributed by atoms with Gasteiger partial charge in [0.2, 0.25) is 5.90 Å². The van der Waals surface area contributed by atoms with Crippen LogP contribution in [0.3, 0.4) is 0 Å². The SMILES string of the molecule is COc1cc(/C=C2\N=C(c3cc(I)ccc3Cl)OC2=O)cc(Br)c1OCc1ccc(Cl)cc1. The molecular weight excluding hydrogens is 644 g/mol. The van der Waals surface area contributed by atoms with E-state index in [0.29, 0.717) is 43.8 Å². The number of halogens is 4. The highest BCUT2D eigenvalue weighted by Gasteiger charge is 2.26. The first-order valence-electron chi connectivity index (χ1n) is 9.57. The van der Waals surface area contributed by atoms with E-state index in [2.05, 4.69) is 43.5 Å². The molecule has 3 aromatic carbocycles. The smallest absolute Gasteiger partial charge is 0.363 e. The summed E-state index contributed by atoms with van der Waals surface area (Å²) < 4.78 is 18.4. The zero-order chi connectivity index (χ0) is 23.5. The molecule has 0 amide bonds. The minimum Gasteiger partial charge on any atom is -0.493 e. The average molecular weight is 659 g/mol. The molecule has 1 heterocycles. The number of nitrogens with zero attached hydrogens (tertiary/aromatic N) is 1. The molecule has 1 aliphatic heterocycles. The van der Waals surface area contributed by atoms with Crippen molar-refractivity contribution in [3.05, 3.63) is 95.1 Å². The molecule has 0 aliphatic carbocycles. The maximum Gasteiger partial charge on any atom is 0.363 e. The fourth-order valence-electron chi connectivity index (χ4n) is 3.04. The van der Waals surface area contributed by atoms with Crippen LogP contribution in [0.4, 0.5) is 0 Å². The molecule has 4 rings (SSSR count). The highest BCUT2D eigenvalue weighted by Crippen LogP contribution is 2.38. The van der Waals surface area contributed by atoms with Gasteiger partial charge in [-0.25, -0.2) is 9.79 Å². The Morgan fingerprint density at radius 2 is 1.88 bits per heavy atom. The predicted molar refractivity (Wildman–Crippen MR) is 141 cm³/mol. The van der Waals surface area contributed by atoms with Crippen molar-refractivity contribution in [1.29, 1.82) is 0 Å². The Labute approximate surface area is 222 Å². The van der Waals surface area contributed by atoms with Crippen LogP contribution in [0.1, 0.15) is 16.7 Å². The number of benzene rings is 3. The lowest BCUT2D eigenvalue weighted by Gasteiger charge is -2.14. The predicted octanol–water partition coefficient (Wildman–Crippen LogP) is 7.29. The highest BCUT2D eigenvalue weighted by atomic mass is 127. The maximum absolute atomic E-state index is 12.4. The first-order chi connectivity index (χ1) is 15.8.